The van der Waals surface area contributed by atoms with Gasteiger partial charge in [0.05, 0.1) is 37.8 Å². The van der Waals surface area contributed by atoms with E-state index in [9.17, 15) is 9.59 Å². The third-order valence-corrected chi connectivity index (χ3v) is 6.57. The van der Waals surface area contributed by atoms with Crippen LogP contribution >= 0.6 is 0 Å². The van der Waals surface area contributed by atoms with E-state index in [4.69, 9.17) is 18.6 Å². The molecule has 37 heavy (non-hydrogen) atoms. The van der Waals surface area contributed by atoms with Crippen LogP contribution in [0.1, 0.15) is 48.0 Å². The van der Waals surface area contributed by atoms with E-state index in [0.29, 0.717) is 57.6 Å². The molecule has 0 bridgehead atoms. The van der Waals surface area contributed by atoms with Crippen LogP contribution in [0, 0.1) is 5.92 Å². The first kappa shape index (κ1) is 24.4. The summed E-state index contributed by atoms with van der Waals surface area (Å²) in [5, 5.41) is 0.423. The minimum Gasteiger partial charge on any atom is -0.497 e. The molecule has 4 aromatic rings. The van der Waals surface area contributed by atoms with Gasteiger partial charge in [-0.1, -0.05) is 38.1 Å². The molecule has 7 heteroatoms. The Bertz CT molecular complexity index is 1520. The molecule has 7 nitrogen and oxygen atoms in total. The lowest BCUT2D eigenvalue weighted by Gasteiger charge is -2.26. The average molecular weight is 500 g/mol. The highest BCUT2D eigenvalue weighted by atomic mass is 16.5. The first-order chi connectivity index (χ1) is 17.9. The fourth-order valence-electron chi connectivity index (χ4n) is 4.64. The van der Waals surface area contributed by atoms with E-state index in [1.807, 2.05) is 24.3 Å². The van der Waals surface area contributed by atoms with Gasteiger partial charge in [-0.05, 0) is 54.3 Å². The van der Waals surface area contributed by atoms with Crippen LogP contribution in [0.2, 0.25) is 0 Å². The van der Waals surface area contributed by atoms with Crippen LogP contribution in [0.3, 0.4) is 0 Å². The highest BCUT2D eigenvalue weighted by Gasteiger charge is 2.44. The Labute approximate surface area is 215 Å². The number of hydrogen-bond acceptors (Lipinski definition) is 6. The lowest BCUT2D eigenvalue weighted by atomic mass is 9.97. The van der Waals surface area contributed by atoms with Gasteiger partial charge in [-0.15, -0.1) is 0 Å². The lowest BCUT2D eigenvalue weighted by molar-refractivity contribution is 0.0971. The number of ether oxygens (including phenoxy) is 3. The number of para-hydroxylation sites is 1. The molecular weight excluding hydrogens is 470 g/mol. The zero-order chi connectivity index (χ0) is 26.1. The van der Waals surface area contributed by atoms with E-state index < -0.39 is 11.9 Å². The van der Waals surface area contributed by atoms with Crippen molar-refractivity contribution < 1.29 is 23.4 Å². The molecule has 1 aliphatic heterocycles. The van der Waals surface area contributed by atoms with Gasteiger partial charge in [0.15, 0.2) is 16.9 Å². The Morgan fingerprint density at radius 3 is 2.49 bits per heavy atom. The van der Waals surface area contributed by atoms with E-state index in [2.05, 4.69) is 13.8 Å². The highest BCUT2D eigenvalue weighted by Crippen LogP contribution is 2.43. The molecule has 1 atom stereocenters. The summed E-state index contributed by atoms with van der Waals surface area (Å²) in [6, 6.07) is 18.9. The fourth-order valence-corrected chi connectivity index (χ4v) is 4.64. The van der Waals surface area contributed by atoms with Crippen LogP contribution in [0.25, 0.3) is 11.0 Å². The van der Waals surface area contributed by atoms with Gasteiger partial charge in [-0.3, -0.25) is 14.5 Å². The third kappa shape index (κ3) is 4.42. The van der Waals surface area contributed by atoms with E-state index in [-0.39, 0.29) is 11.2 Å². The SMILES string of the molecule is COc1cccc(N2C(=O)c3oc4ccccc4c(=O)c3C2c2ccc(OCCC(C)C)c(OC)c2)c1. The van der Waals surface area contributed by atoms with E-state index in [0.717, 1.165) is 6.42 Å². The van der Waals surface area contributed by atoms with Crippen molar-refractivity contribution in [2.45, 2.75) is 26.3 Å². The molecule has 1 aliphatic rings. The van der Waals surface area contributed by atoms with Crippen LogP contribution in [0.4, 0.5) is 5.69 Å². The van der Waals surface area contributed by atoms with Gasteiger partial charge in [0, 0.05) is 11.8 Å². The maximum absolute atomic E-state index is 13.8. The standard InChI is InChI=1S/C30H29NO6/c1-18(2)14-15-36-24-13-12-19(16-25(24)35-4)27-26-28(32)22-10-5-6-11-23(22)37-29(26)30(33)31(27)20-8-7-9-21(17-20)34-3/h5-13,16-18,27H,14-15H2,1-4H3. The van der Waals surface area contributed by atoms with Crippen LogP contribution in [0.5, 0.6) is 17.2 Å². The van der Waals surface area contributed by atoms with Gasteiger partial charge in [0.1, 0.15) is 11.3 Å². The number of hydrogen-bond donors (Lipinski definition) is 0. The summed E-state index contributed by atoms with van der Waals surface area (Å²) in [4.78, 5) is 29.1. The summed E-state index contributed by atoms with van der Waals surface area (Å²) in [5.74, 6) is 1.88. The van der Waals surface area contributed by atoms with Crippen molar-refractivity contribution in [3.05, 3.63) is 93.8 Å². The Hall–Kier alpha value is -4.26. The molecule has 1 aromatic heterocycles. The molecule has 0 saturated carbocycles. The van der Waals surface area contributed by atoms with Gasteiger partial charge in [-0.2, -0.15) is 0 Å². The van der Waals surface area contributed by atoms with Crippen LogP contribution < -0.4 is 24.5 Å². The first-order valence-electron chi connectivity index (χ1n) is 12.3. The Morgan fingerprint density at radius 2 is 1.73 bits per heavy atom. The molecule has 3 aromatic carbocycles. The van der Waals surface area contributed by atoms with E-state index >= 15 is 0 Å². The van der Waals surface area contributed by atoms with Gasteiger partial charge >= 0.3 is 0 Å². The maximum atomic E-state index is 13.8. The van der Waals surface area contributed by atoms with Gasteiger partial charge < -0.3 is 18.6 Å². The Morgan fingerprint density at radius 1 is 0.919 bits per heavy atom. The molecule has 190 valence electrons. The van der Waals surface area contributed by atoms with Crippen LogP contribution in [0.15, 0.2) is 75.9 Å². The molecule has 1 amide bonds. The zero-order valence-corrected chi connectivity index (χ0v) is 21.3. The molecule has 0 saturated heterocycles. The van der Waals surface area contributed by atoms with Gasteiger partial charge in [0.2, 0.25) is 5.76 Å². The molecule has 0 spiro atoms. The molecular formula is C30H29NO6. The number of methoxy groups -OCH3 is 2. The van der Waals surface area contributed by atoms with Crippen molar-refractivity contribution in [2.75, 3.05) is 25.7 Å². The Kier molecular flexibility index (Phi) is 6.61. The summed E-state index contributed by atoms with van der Waals surface area (Å²) in [6.45, 7) is 4.84. The number of rotatable bonds is 8. The normalized spacial score (nSPS) is 14.8. The van der Waals surface area contributed by atoms with Crippen molar-refractivity contribution in [1.29, 1.82) is 0 Å². The largest absolute Gasteiger partial charge is 0.497 e. The minimum absolute atomic E-state index is 0.0350. The van der Waals surface area contributed by atoms with E-state index in [1.165, 1.54) is 0 Å². The Balaban J connectivity index is 1.68. The highest BCUT2D eigenvalue weighted by molar-refractivity contribution is 6.10. The number of amides is 1. The summed E-state index contributed by atoms with van der Waals surface area (Å²) in [7, 11) is 3.14. The predicted molar refractivity (Wildman–Crippen MR) is 142 cm³/mol. The minimum atomic E-state index is -0.728. The number of carbonyl (C=O) groups is 1. The van der Waals surface area contributed by atoms with Crippen LogP contribution in [-0.4, -0.2) is 26.7 Å². The first-order valence-corrected chi connectivity index (χ1v) is 12.3. The summed E-state index contributed by atoms with van der Waals surface area (Å²) in [5.41, 5.74) is 1.71. The van der Waals surface area contributed by atoms with Crippen molar-refractivity contribution >= 4 is 22.6 Å². The molecule has 0 aliphatic carbocycles. The molecule has 0 N–H and O–H groups in total. The maximum Gasteiger partial charge on any atom is 0.295 e. The average Bonchev–Trinajstić information content (AvgIpc) is 3.21. The van der Waals surface area contributed by atoms with Crippen molar-refractivity contribution in [1.82, 2.24) is 0 Å². The second-order valence-corrected chi connectivity index (χ2v) is 9.39. The number of benzene rings is 3. The van der Waals surface area contributed by atoms with E-state index in [1.54, 1.807) is 61.6 Å². The van der Waals surface area contributed by atoms with Gasteiger partial charge in [-0.25, -0.2) is 0 Å². The van der Waals surface area contributed by atoms with Crippen LogP contribution in [-0.2, 0) is 0 Å². The van der Waals surface area contributed by atoms with Crippen molar-refractivity contribution in [3.8, 4) is 17.2 Å². The smallest absolute Gasteiger partial charge is 0.295 e. The fraction of sp³-hybridized carbons (Fsp3) is 0.267. The topological polar surface area (TPSA) is 78.2 Å². The molecule has 1 unspecified atom stereocenters. The van der Waals surface area contributed by atoms with Crippen molar-refractivity contribution in [3.63, 3.8) is 0 Å². The quantitative estimate of drug-likeness (QED) is 0.297. The lowest BCUT2D eigenvalue weighted by Crippen LogP contribution is -2.29. The molecule has 0 fully saturated rings. The number of carbonyl (C=O) groups excluding carboxylic acids is 1. The van der Waals surface area contributed by atoms with Gasteiger partial charge in [0.25, 0.3) is 5.91 Å². The monoisotopic (exact) mass is 499 g/mol. The third-order valence-electron chi connectivity index (χ3n) is 6.57. The second kappa shape index (κ2) is 10.0. The van der Waals surface area contributed by atoms with Crippen molar-refractivity contribution in [2.24, 2.45) is 5.92 Å². The predicted octanol–water partition coefficient (Wildman–Crippen LogP) is 5.98. The molecule has 5 rings (SSSR count). The number of anilines is 1. The number of nitrogens with zero attached hydrogens (tertiary/aromatic N) is 1. The zero-order valence-electron chi connectivity index (χ0n) is 21.3. The molecule has 2 heterocycles. The number of fused-ring (bicyclic) bond motifs is 2. The second-order valence-electron chi connectivity index (χ2n) is 9.39. The summed E-state index contributed by atoms with van der Waals surface area (Å²) >= 11 is 0. The molecule has 0 radical (unpaired) electrons. The summed E-state index contributed by atoms with van der Waals surface area (Å²) in [6.07, 6.45) is 0.910. The summed E-state index contributed by atoms with van der Waals surface area (Å²) < 4.78 is 23.0.